The van der Waals surface area contributed by atoms with E-state index in [1.165, 1.54) is 0 Å². The first-order valence-corrected chi connectivity index (χ1v) is 11.0. The van der Waals surface area contributed by atoms with Gasteiger partial charge < -0.3 is 28.7 Å². The molecule has 0 saturated carbocycles. The summed E-state index contributed by atoms with van der Waals surface area (Å²) in [6.45, 7) is 1.36. The molecule has 0 bridgehead atoms. The van der Waals surface area contributed by atoms with Crippen molar-refractivity contribution in [2.75, 3.05) is 48.2 Å². The number of amides is 2. The molecule has 8 nitrogen and oxygen atoms in total. The lowest BCUT2D eigenvalue weighted by Crippen LogP contribution is -2.45. The van der Waals surface area contributed by atoms with Crippen molar-refractivity contribution in [2.24, 2.45) is 0 Å². The summed E-state index contributed by atoms with van der Waals surface area (Å²) >= 11 is 0. The average molecular weight is 455 g/mol. The van der Waals surface area contributed by atoms with Crippen molar-refractivity contribution in [3.05, 3.63) is 46.5 Å². The predicted octanol–water partition coefficient (Wildman–Crippen LogP) is 2.23. The highest BCUT2D eigenvalue weighted by Crippen LogP contribution is 2.34. The molecule has 176 valence electrons. The van der Waals surface area contributed by atoms with E-state index in [0.29, 0.717) is 48.9 Å². The SMILES string of the molecule is COc1cc2c(cc1OC)CC(=O)N(CN1CCc3cc(OC)c(OC)cc3CC1=O)CC2. The first-order valence-electron chi connectivity index (χ1n) is 11.0. The van der Waals surface area contributed by atoms with Crippen LogP contribution in [-0.4, -0.2) is 69.8 Å². The third kappa shape index (κ3) is 4.55. The molecule has 4 rings (SSSR count). The Morgan fingerprint density at radius 1 is 0.606 bits per heavy atom. The van der Waals surface area contributed by atoms with Crippen LogP contribution < -0.4 is 18.9 Å². The lowest BCUT2D eigenvalue weighted by Gasteiger charge is -2.29. The summed E-state index contributed by atoms with van der Waals surface area (Å²) in [6, 6.07) is 7.65. The van der Waals surface area contributed by atoms with Gasteiger partial charge in [-0.2, -0.15) is 0 Å². The zero-order chi connectivity index (χ0) is 23.5. The largest absolute Gasteiger partial charge is 0.493 e. The number of nitrogens with zero attached hydrogens (tertiary/aromatic N) is 2. The van der Waals surface area contributed by atoms with Gasteiger partial charge in [0.25, 0.3) is 0 Å². The van der Waals surface area contributed by atoms with Gasteiger partial charge in [-0.25, -0.2) is 0 Å². The Balaban J connectivity index is 1.49. The molecule has 0 saturated heterocycles. The Morgan fingerprint density at radius 2 is 0.939 bits per heavy atom. The number of methoxy groups -OCH3 is 4. The monoisotopic (exact) mass is 454 g/mol. The van der Waals surface area contributed by atoms with E-state index in [0.717, 1.165) is 22.3 Å². The molecule has 2 aromatic carbocycles. The molecule has 0 radical (unpaired) electrons. The summed E-state index contributed by atoms with van der Waals surface area (Å²) in [5.41, 5.74) is 4.01. The van der Waals surface area contributed by atoms with Crippen LogP contribution in [0.1, 0.15) is 22.3 Å². The Hall–Kier alpha value is -3.42. The van der Waals surface area contributed by atoms with E-state index in [2.05, 4.69) is 0 Å². The van der Waals surface area contributed by atoms with Crippen LogP contribution in [0.2, 0.25) is 0 Å². The van der Waals surface area contributed by atoms with Crippen LogP contribution in [0.25, 0.3) is 0 Å². The Labute approximate surface area is 194 Å². The third-order valence-corrected chi connectivity index (χ3v) is 6.44. The maximum Gasteiger partial charge on any atom is 0.228 e. The van der Waals surface area contributed by atoms with Gasteiger partial charge in [-0.15, -0.1) is 0 Å². The van der Waals surface area contributed by atoms with Crippen molar-refractivity contribution >= 4 is 11.8 Å². The van der Waals surface area contributed by atoms with E-state index in [1.54, 1.807) is 38.2 Å². The van der Waals surface area contributed by atoms with E-state index in [1.807, 2.05) is 24.3 Å². The minimum atomic E-state index is -0.00105. The number of fused-ring (bicyclic) bond motifs is 2. The first kappa shape index (κ1) is 22.8. The second-order valence-electron chi connectivity index (χ2n) is 8.26. The highest BCUT2D eigenvalue weighted by atomic mass is 16.5. The number of ether oxygens (including phenoxy) is 4. The average Bonchev–Trinajstić information content (AvgIpc) is 3.07. The van der Waals surface area contributed by atoms with E-state index in [-0.39, 0.29) is 31.3 Å². The lowest BCUT2D eigenvalue weighted by molar-refractivity contribution is -0.138. The van der Waals surface area contributed by atoms with Crippen molar-refractivity contribution in [3.63, 3.8) is 0 Å². The van der Waals surface area contributed by atoms with Crippen molar-refractivity contribution < 1.29 is 28.5 Å². The zero-order valence-corrected chi connectivity index (χ0v) is 19.6. The number of rotatable bonds is 6. The molecular weight excluding hydrogens is 424 g/mol. The molecule has 0 unspecified atom stereocenters. The third-order valence-electron chi connectivity index (χ3n) is 6.44. The quantitative estimate of drug-likeness (QED) is 0.666. The maximum absolute atomic E-state index is 13.1. The molecule has 2 aromatic rings. The molecule has 0 fully saturated rings. The fraction of sp³-hybridized carbons (Fsp3) is 0.440. The summed E-state index contributed by atoms with van der Waals surface area (Å²) in [6.07, 6.45) is 1.93. The molecule has 0 aliphatic carbocycles. The maximum atomic E-state index is 13.1. The van der Waals surface area contributed by atoms with Crippen LogP contribution in [0.15, 0.2) is 24.3 Å². The van der Waals surface area contributed by atoms with E-state index < -0.39 is 0 Å². The lowest BCUT2D eigenvalue weighted by atomic mass is 10.0. The van der Waals surface area contributed by atoms with Gasteiger partial charge >= 0.3 is 0 Å². The fourth-order valence-electron chi connectivity index (χ4n) is 4.54. The molecule has 2 amide bonds. The normalized spacial score (nSPS) is 15.9. The van der Waals surface area contributed by atoms with Crippen LogP contribution in [0, 0.1) is 0 Å². The fourth-order valence-corrected chi connectivity index (χ4v) is 4.54. The van der Waals surface area contributed by atoms with Crippen LogP contribution in [-0.2, 0) is 35.3 Å². The van der Waals surface area contributed by atoms with Crippen molar-refractivity contribution in [3.8, 4) is 23.0 Å². The molecule has 8 heteroatoms. The minimum absolute atomic E-state index is 0.00105. The van der Waals surface area contributed by atoms with Gasteiger partial charge in [0.2, 0.25) is 11.8 Å². The number of hydrogen-bond donors (Lipinski definition) is 0. The molecule has 33 heavy (non-hydrogen) atoms. The van der Waals surface area contributed by atoms with E-state index in [4.69, 9.17) is 18.9 Å². The number of hydrogen-bond acceptors (Lipinski definition) is 6. The molecule has 0 spiro atoms. The minimum Gasteiger partial charge on any atom is -0.493 e. The second-order valence-corrected chi connectivity index (χ2v) is 8.26. The number of carbonyl (C=O) groups excluding carboxylic acids is 2. The van der Waals surface area contributed by atoms with Crippen molar-refractivity contribution in [2.45, 2.75) is 25.7 Å². The number of benzene rings is 2. The highest BCUT2D eigenvalue weighted by Gasteiger charge is 2.28. The Morgan fingerprint density at radius 3 is 1.27 bits per heavy atom. The van der Waals surface area contributed by atoms with Gasteiger partial charge in [-0.1, -0.05) is 0 Å². The van der Waals surface area contributed by atoms with Gasteiger partial charge in [0.05, 0.1) is 47.9 Å². The first-order chi connectivity index (χ1) is 16.0. The topological polar surface area (TPSA) is 77.5 Å². The smallest absolute Gasteiger partial charge is 0.228 e. The van der Waals surface area contributed by atoms with E-state index >= 15 is 0 Å². The molecule has 2 aliphatic heterocycles. The molecule has 2 heterocycles. The molecule has 0 atom stereocenters. The van der Waals surface area contributed by atoms with Crippen molar-refractivity contribution in [1.82, 2.24) is 9.80 Å². The predicted molar refractivity (Wildman–Crippen MR) is 122 cm³/mol. The summed E-state index contributed by atoms with van der Waals surface area (Å²) in [5, 5.41) is 0. The second kappa shape index (κ2) is 9.60. The van der Waals surface area contributed by atoms with Gasteiger partial charge in [-0.05, 0) is 59.4 Å². The summed E-state index contributed by atoms with van der Waals surface area (Å²) in [5.74, 6) is 2.54. The Bertz CT molecular complexity index is 984. The van der Waals surface area contributed by atoms with Crippen LogP contribution in [0.5, 0.6) is 23.0 Å². The molecule has 0 aromatic heterocycles. The van der Waals surface area contributed by atoms with Gasteiger partial charge in [0.1, 0.15) is 0 Å². The van der Waals surface area contributed by atoms with Gasteiger partial charge in [0, 0.05) is 13.1 Å². The molecular formula is C25H30N2O6. The van der Waals surface area contributed by atoms with Crippen LogP contribution in [0.4, 0.5) is 0 Å². The zero-order valence-electron chi connectivity index (χ0n) is 19.6. The summed E-state index contributed by atoms with van der Waals surface area (Å²) in [4.78, 5) is 29.7. The summed E-state index contributed by atoms with van der Waals surface area (Å²) < 4.78 is 21.6. The summed E-state index contributed by atoms with van der Waals surface area (Å²) in [7, 11) is 6.38. The standard InChI is InChI=1S/C25H30N2O6/c1-30-20-9-16-5-7-26(24(28)13-18(16)11-22(20)32-3)15-27-8-6-17-10-21(31-2)23(33-4)12-19(17)14-25(27)29/h9-12H,5-8,13-15H2,1-4H3. The van der Waals surface area contributed by atoms with Crippen LogP contribution in [0.3, 0.4) is 0 Å². The van der Waals surface area contributed by atoms with Crippen molar-refractivity contribution in [1.29, 1.82) is 0 Å². The van der Waals surface area contributed by atoms with Gasteiger partial charge in [-0.3, -0.25) is 9.59 Å². The molecule has 2 aliphatic rings. The van der Waals surface area contributed by atoms with E-state index in [9.17, 15) is 9.59 Å². The number of carbonyl (C=O) groups is 2. The molecule has 0 N–H and O–H groups in total. The van der Waals surface area contributed by atoms with Gasteiger partial charge in [0.15, 0.2) is 23.0 Å². The Kier molecular flexibility index (Phi) is 6.62. The van der Waals surface area contributed by atoms with Crippen LogP contribution >= 0.6 is 0 Å². The highest BCUT2D eigenvalue weighted by molar-refractivity contribution is 5.83.